The van der Waals surface area contributed by atoms with Crippen LogP contribution in [-0.2, 0) is 11.0 Å². The zero-order valence-corrected chi connectivity index (χ0v) is 14.7. The number of benzene rings is 1. The van der Waals surface area contributed by atoms with E-state index in [1.807, 2.05) is 0 Å². The van der Waals surface area contributed by atoms with Gasteiger partial charge in [-0.3, -0.25) is 9.59 Å². The van der Waals surface area contributed by atoms with Crippen LogP contribution in [0.15, 0.2) is 42.6 Å². The van der Waals surface area contributed by atoms with Crippen LogP contribution in [0.3, 0.4) is 0 Å². The molecular formula is C17H16ClF3N4O2. The highest BCUT2D eigenvalue weighted by molar-refractivity contribution is 6.32. The van der Waals surface area contributed by atoms with Gasteiger partial charge in [0.05, 0.1) is 17.1 Å². The molecule has 0 saturated heterocycles. The van der Waals surface area contributed by atoms with Gasteiger partial charge in [0.25, 0.3) is 5.91 Å². The number of nitrogens with zero attached hydrogens (tertiary/aromatic N) is 1. The molecular weight excluding hydrogens is 385 g/mol. The van der Waals surface area contributed by atoms with E-state index in [2.05, 4.69) is 20.9 Å². The fraction of sp³-hybridized carbons (Fsp3) is 0.235. The maximum atomic E-state index is 12.5. The third kappa shape index (κ3) is 6.45. The molecule has 2 rings (SSSR count). The Morgan fingerprint density at radius 1 is 1.07 bits per heavy atom. The van der Waals surface area contributed by atoms with Gasteiger partial charge in [-0.25, -0.2) is 4.98 Å². The Labute approximate surface area is 158 Å². The number of carbonyl (C=O) groups excluding carboxylic acids is 2. The minimum atomic E-state index is -4.52. The molecule has 0 radical (unpaired) electrons. The first-order valence-electron chi connectivity index (χ1n) is 7.84. The predicted octanol–water partition coefficient (Wildman–Crippen LogP) is 2.71. The summed E-state index contributed by atoms with van der Waals surface area (Å²) in [5.74, 6) is -0.700. The second-order valence-corrected chi connectivity index (χ2v) is 5.78. The number of aromatic nitrogens is 1. The van der Waals surface area contributed by atoms with Crippen LogP contribution in [0.4, 0.5) is 19.0 Å². The average Bonchev–Trinajstić information content (AvgIpc) is 2.64. The van der Waals surface area contributed by atoms with Crippen LogP contribution < -0.4 is 16.0 Å². The summed E-state index contributed by atoms with van der Waals surface area (Å²) in [5, 5.41) is 7.57. The zero-order valence-electron chi connectivity index (χ0n) is 13.9. The highest BCUT2D eigenvalue weighted by Crippen LogP contribution is 2.32. The van der Waals surface area contributed by atoms with Gasteiger partial charge in [0.1, 0.15) is 5.82 Å². The number of rotatable bonds is 7. The van der Waals surface area contributed by atoms with Crippen molar-refractivity contribution in [2.75, 3.05) is 25.0 Å². The summed E-state index contributed by atoms with van der Waals surface area (Å²) in [5.41, 5.74) is -0.504. The summed E-state index contributed by atoms with van der Waals surface area (Å²) < 4.78 is 37.6. The lowest BCUT2D eigenvalue weighted by Gasteiger charge is -2.11. The normalized spacial score (nSPS) is 11.0. The fourth-order valence-corrected chi connectivity index (χ4v) is 2.25. The molecule has 0 aliphatic heterocycles. The maximum Gasteiger partial charge on any atom is 0.417 e. The summed E-state index contributed by atoms with van der Waals surface area (Å²) in [4.78, 5) is 27.1. The molecule has 0 fully saturated rings. The molecule has 0 saturated carbocycles. The molecule has 2 aromatic rings. The van der Waals surface area contributed by atoms with E-state index >= 15 is 0 Å². The zero-order chi connectivity index (χ0) is 19.9. The van der Waals surface area contributed by atoms with Crippen LogP contribution in [-0.4, -0.2) is 36.4 Å². The second-order valence-electron chi connectivity index (χ2n) is 5.38. The van der Waals surface area contributed by atoms with Crippen molar-refractivity contribution in [1.82, 2.24) is 15.6 Å². The third-order valence-corrected chi connectivity index (χ3v) is 3.64. The topological polar surface area (TPSA) is 83.1 Å². The highest BCUT2D eigenvalue weighted by atomic mass is 35.5. The number of hydrogen-bond acceptors (Lipinski definition) is 4. The van der Waals surface area contributed by atoms with Crippen molar-refractivity contribution >= 4 is 29.2 Å². The van der Waals surface area contributed by atoms with Crippen LogP contribution in [0.25, 0.3) is 0 Å². The fourth-order valence-electron chi connectivity index (χ4n) is 2.02. The molecule has 1 aromatic carbocycles. The number of carbonyl (C=O) groups is 2. The average molecular weight is 401 g/mol. The van der Waals surface area contributed by atoms with Crippen molar-refractivity contribution in [3.05, 3.63) is 58.7 Å². The Kier molecular flexibility index (Phi) is 7.00. The van der Waals surface area contributed by atoms with Crippen molar-refractivity contribution in [2.45, 2.75) is 6.18 Å². The number of nitrogens with one attached hydrogen (secondary N) is 3. The van der Waals surface area contributed by atoms with Gasteiger partial charge in [-0.1, -0.05) is 29.8 Å². The first kappa shape index (κ1) is 20.5. The summed E-state index contributed by atoms with van der Waals surface area (Å²) in [7, 11) is 0. The number of amides is 2. The van der Waals surface area contributed by atoms with Crippen LogP contribution >= 0.6 is 11.6 Å². The van der Waals surface area contributed by atoms with Crippen LogP contribution in [0.5, 0.6) is 0 Å². The summed E-state index contributed by atoms with van der Waals surface area (Å²) >= 11 is 5.76. The van der Waals surface area contributed by atoms with Gasteiger partial charge in [0.2, 0.25) is 5.91 Å². The molecule has 0 unspecified atom stereocenters. The van der Waals surface area contributed by atoms with E-state index in [0.717, 1.165) is 6.07 Å². The highest BCUT2D eigenvalue weighted by Gasteiger charge is 2.31. The Bertz CT molecular complexity index is 801. The molecule has 3 N–H and O–H groups in total. The van der Waals surface area contributed by atoms with E-state index in [4.69, 9.17) is 11.6 Å². The minimum absolute atomic E-state index is 0.0799. The molecule has 0 aliphatic carbocycles. The first-order valence-corrected chi connectivity index (χ1v) is 8.21. The van der Waals surface area contributed by atoms with Crippen molar-refractivity contribution in [3.63, 3.8) is 0 Å². The first-order chi connectivity index (χ1) is 12.8. The van der Waals surface area contributed by atoms with Crippen molar-refractivity contribution < 1.29 is 22.8 Å². The van der Waals surface area contributed by atoms with Crippen LogP contribution in [0.1, 0.15) is 15.9 Å². The van der Waals surface area contributed by atoms with Gasteiger partial charge in [-0.15, -0.1) is 0 Å². The molecule has 0 bridgehead atoms. The van der Waals surface area contributed by atoms with E-state index in [9.17, 15) is 22.8 Å². The van der Waals surface area contributed by atoms with E-state index < -0.39 is 17.6 Å². The molecule has 10 heteroatoms. The molecule has 144 valence electrons. The third-order valence-electron chi connectivity index (χ3n) is 3.35. The Hall–Kier alpha value is -2.81. The number of halogens is 4. The van der Waals surface area contributed by atoms with Crippen molar-refractivity contribution in [1.29, 1.82) is 0 Å². The number of alkyl halides is 3. The molecule has 2 amide bonds. The summed E-state index contributed by atoms with van der Waals surface area (Å²) in [6.07, 6.45) is -3.85. The standard InChI is InChI=1S/C17H16ClF3N4O2/c18-13-8-12(17(19,20)21)9-24-15(13)23-7-6-22-14(26)10-25-16(27)11-4-2-1-3-5-11/h1-5,8-9H,6-7,10H2,(H,22,26)(H,23,24)(H,25,27). The van der Waals surface area contributed by atoms with Gasteiger partial charge < -0.3 is 16.0 Å². The lowest BCUT2D eigenvalue weighted by molar-refractivity contribution is -0.137. The number of hydrogen-bond donors (Lipinski definition) is 3. The molecule has 0 aliphatic rings. The van der Waals surface area contributed by atoms with Crippen molar-refractivity contribution in [3.8, 4) is 0 Å². The number of anilines is 1. The molecule has 0 spiro atoms. The quantitative estimate of drug-likeness (QED) is 0.624. The van der Waals surface area contributed by atoms with E-state index in [-0.39, 0.29) is 36.4 Å². The summed E-state index contributed by atoms with van der Waals surface area (Å²) in [6, 6.07) is 9.21. The lowest BCUT2D eigenvalue weighted by atomic mass is 10.2. The molecule has 27 heavy (non-hydrogen) atoms. The Morgan fingerprint density at radius 3 is 2.41 bits per heavy atom. The van der Waals surface area contributed by atoms with Gasteiger partial charge in [0.15, 0.2) is 0 Å². The molecule has 1 heterocycles. The monoisotopic (exact) mass is 400 g/mol. The Balaban J connectivity index is 1.70. The smallest absolute Gasteiger partial charge is 0.367 e. The molecule has 6 nitrogen and oxygen atoms in total. The lowest BCUT2D eigenvalue weighted by Crippen LogP contribution is -2.38. The number of pyridine rings is 1. The maximum absolute atomic E-state index is 12.5. The van der Waals surface area contributed by atoms with Gasteiger partial charge >= 0.3 is 6.18 Å². The molecule has 0 atom stereocenters. The van der Waals surface area contributed by atoms with E-state index in [0.29, 0.717) is 11.8 Å². The van der Waals surface area contributed by atoms with Crippen LogP contribution in [0, 0.1) is 0 Å². The SMILES string of the molecule is O=C(CNC(=O)c1ccccc1)NCCNc1ncc(C(F)(F)F)cc1Cl. The van der Waals surface area contributed by atoms with Gasteiger partial charge in [0, 0.05) is 24.8 Å². The molecule has 1 aromatic heterocycles. The summed E-state index contributed by atoms with van der Waals surface area (Å²) in [6.45, 7) is 0.155. The largest absolute Gasteiger partial charge is 0.417 e. The van der Waals surface area contributed by atoms with Crippen LogP contribution in [0.2, 0.25) is 5.02 Å². The van der Waals surface area contributed by atoms with Gasteiger partial charge in [-0.2, -0.15) is 13.2 Å². The second kappa shape index (κ2) is 9.22. The van der Waals surface area contributed by atoms with Crippen molar-refractivity contribution in [2.24, 2.45) is 0 Å². The van der Waals surface area contributed by atoms with E-state index in [1.165, 1.54) is 0 Å². The predicted molar refractivity (Wildman–Crippen MR) is 94.5 cm³/mol. The van der Waals surface area contributed by atoms with Gasteiger partial charge in [-0.05, 0) is 18.2 Å². The van der Waals surface area contributed by atoms with E-state index in [1.54, 1.807) is 30.3 Å². The minimum Gasteiger partial charge on any atom is -0.367 e. The Morgan fingerprint density at radius 2 is 1.78 bits per heavy atom.